The molecule has 0 bridgehead atoms. The van der Waals surface area contributed by atoms with Crippen LogP contribution in [0.5, 0.6) is 5.75 Å². The lowest BCUT2D eigenvalue weighted by atomic mass is 10.1. The molecule has 1 aromatic rings. The molecule has 0 radical (unpaired) electrons. The lowest BCUT2D eigenvalue weighted by molar-refractivity contribution is -0.151. The highest BCUT2D eigenvalue weighted by Gasteiger charge is 2.58. The van der Waals surface area contributed by atoms with Crippen molar-refractivity contribution in [3.8, 4) is 5.75 Å². The van der Waals surface area contributed by atoms with Gasteiger partial charge in [-0.1, -0.05) is 6.07 Å². The predicted octanol–water partition coefficient (Wildman–Crippen LogP) is 4.10. The number of methoxy groups -OCH3 is 1. The number of alkyl halides is 4. The minimum atomic E-state index is -4.45. The maximum atomic E-state index is 13.0. The van der Waals surface area contributed by atoms with Crippen LogP contribution >= 0.6 is 11.8 Å². The van der Waals surface area contributed by atoms with Crippen LogP contribution in [0.3, 0.4) is 0 Å². The van der Waals surface area contributed by atoms with Gasteiger partial charge in [0.2, 0.25) is 0 Å². The van der Waals surface area contributed by atoms with Crippen LogP contribution < -0.4 is 4.74 Å². The van der Waals surface area contributed by atoms with Crippen LogP contribution in [0.15, 0.2) is 23.1 Å². The van der Waals surface area contributed by atoms with Crippen LogP contribution in [0.2, 0.25) is 0 Å². The summed E-state index contributed by atoms with van der Waals surface area (Å²) in [6.45, 7) is 1.25. The van der Waals surface area contributed by atoms with Gasteiger partial charge in [-0.25, -0.2) is 4.39 Å². The topological polar surface area (TPSA) is 35.5 Å². The Bertz CT molecular complexity index is 576. The van der Waals surface area contributed by atoms with Gasteiger partial charge in [0.1, 0.15) is 18.5 Å². The third-order valence-corrected chi connectivity index (χ3v) is 4.19. The Morgan fingerprint density at radius 3 is 2.59 bits per heavy atom. The van der Waals surface area contributed by atoms with E-state index in [1.807, 2.05) is 0 Å². The number of ether oxygens (including phenoxy) is 2. The zero-order chi connectivity index (χ0) is 16.5. The van der Waals surface area contributed by atoms with Gasteiger partial charge >= 0.3 is 11.5 Å². The van der Waals surface area contributed by atoms with E-state index in [-0.39, 0.29) is 35.4 Å². The number of hydrogen-bond donors (Lipinski definition) is 0. The molecule has 3 nitrogen and oxygen atoms in total. The highest BCUT2D eigenvalue weighted by Crippen LogP contribution is 2.49. The molecule has 1 saturated carbocycles. The normalized spacial score (nSPS) is 24.0. The molecule has 1 fully saturated rings. The number of benzene rings is 1. The summed E-state index contributed by atoms with van der Waals surface area (Å²) in [5.74, 6) is -0.601. The zero-order valence-corrected chi connectivity index (χ0v) is 12.7. The van der Waals surface area contributed by atoms with Crippen LogP contribution in [0.25, 0.3) is 0 Å². The van der Waals surface area contributed by atoms with Crippen LogP contribution in [0, 0.1) is 5.41 Å². The van der Waals surface area contributed by atoms with Gasteiger partial charge in [-0.3, -0.25) is 4.79 Å². The van der Waals surface area contributed by atoms with E-state index < -0.39 is 23.1 Å². The maximum Gasteiger partial charge on any atom is 0.446 e. The van der Waals surface area contributed by atoms with Crippen molar-refractivity contribution in [2.75, 3.05) is 7.11 Å². The fourth-order valence-corrected chi connectivity index (χ4v) is 2.57. The van der Waals surface area contributed by atoms with Crippen molar-refractivity contribution in [2.45, 2.75) is 36.5 Å². The SMILES string of the molecule is COc1ccc(COC(=O)C2(C)CC2F)cc1SC(F)(F)F. The van der Waals surface area contributed by atoms with Gasteiger partial charge in [-0.15, -0.1) is 0 Å². The molecule has 122 valence electrons. The molecule has 1 aliphatic rings. The molecule has 0 heterocycles. The van der Waals surface area contributed by atoms with Crippen LogP contribution in [-0.4, -0.2) is 24.8 Å². The number of carbonyl (C=O) groups is 1. The number of hydrogen-bond acceptors (Lipinski definition) is 4. The van der Waals surface area contributed by atoms with Crippen molar-refractivity contribution in [2.24, 2.45) is 5.41 Å². The van der Waals surface area contributed by atoms with Crippen molar-refractivity contribution in [3.63, 3.8) is 0 Å². The van der Waals surface area contributed by atoms with Crippen molar-refractivity contribution < 1.29 is 31.8 Å². The summed E-state index contributed by atoms with van der Waals surface area (Å²) in [5.41, 5.74) is -5.19. The number of carbonyl (C=O) groups excluding carboxylic acids is 1. The molecule has 0 aromatic heterocycles. The molecule has 2 unspecified atom stereocenters. The van der Waals surface area contributed by atoms with E-state index in [4.69, 9.17) is 9.47 Å². The first kappa shape index (κ1) is 16.9. The smallest absolute Gasteiger partial charge is 0.446 e. The Morgan fingerprint density at radius 1 is 1.45 bits per heavy atom. The predicted molar refractivity (Wildman–Crippen MR) is 72.3 cm³/mol. The second kappa shape index (κ2) is 5.98. The first-order chi connectivity index (χ1) is 10.2. The van der Waals surface area contributed by atoms with Gasteiger partial charge in [0.15, 0.2) is 0 Å². The molecular formula is C14H14F4O3S. The third-order valence-electron chi connectivity index (χ3n) is 3.42. The summed E-state index contributed by atoms with van der Waals surface area (Å²) in [7, 11) is 1.27. The van der Waals surface area contributed by atoms with Crippen molar-refractivity contribution in [1.82, 2.24) is 0 Å². The fraction of sp³-hybridized carbons (Fsp3) is 0.500. The van der Waals surface area contributed by atoms with Gasteiger partial charge in [-0.2, -0.15) is 13.2 Å². The van der Waals surface area contributed by atoms with Gasteiger partial charge in [0, 0.05) is 0 Å². The molecule has 0 N–H and O–H groups in total. The van der Waals surface area contributed by atoms with E-state index in [1.165, 1.54) is 32.2 Å². The Labute approximate surface area is 129 Å². The first-order valence-electron chi connectivity index (χ1n) is 6.39. The lowest BCUT2D eigenvalue weighted by Gasteiger charge is -2.13. The molecule has 0 saturated heterocycles. The van der Waals surface area contributed by atoms with E-state index >= 15 is 0 Å². The first-order valence-corrected chi connectivity index (χ1v) is 7.21. The molecule has 2 rings (SSSR count). The van der Waals surface area contributed by atoms with Crippen molar-refractivity contribution >= 4 is 17.7 Å². The van der Waals surface area contributed by atoms with Gasteiger partial charge in [0.05, 0.1) is 17.4 Å². The van der Waals surface area contributed by atoms with Gasteiger partial charge in [0.25, 0.3) is 0 Å². The molecule has 0 amide bonds. The number of rotatable bonds is 5. The van der Waals surface area contributed by atoms with E-state index in [1.54, 1.807) is 0 Å². The minimum Gasteiger partial charge on any atom is -0.496 e. The summed E-state index contributed by atoms with van der Waals surface area (Å²) >= 11 is -0.307. The molecule has 2 atom stereocenters. The van der Waals surface area contributed by atoms with Gasteiger partial charge in [-0.05, 0) is 42.8 Å². The minimum absolute atomic E-state index is 0.0791. The number of halogens is 4. The van der Waals surface area contributed by atoms with Crippen LogP contribution in [0.4, 0.5) is 17.6 Å². The maximum absolute atomic E-state index is 13.0. The Morgan fingerprint density at radius 2 is 2.09 bits per heavy atom. The molecular weight excluding hydrogens is 324 g/mol. The second-order valence-corrected chi connectivity index (χ2v) is 6.31. The summed E-state index contributed by atoms with van der Waals surface area (Å²) in [6.07, 6.45) is -1.10. The quantitative estimate of drug-likeness (QED) is 0.460. The summed E-state index contributed by atoms with van der Waals surface area (Å²) < 4.78 is 60.4. The highest BCUT2D eigenvalue weighted by molar-refractivity contribution is 8.00. The van der Waals surface area contributed by atoms with E-state index in [9.17, 15) is 22.4 Å². The third kappa shape index (κ3) is 3.85. The van der Waals surface area contributed by atoms with E-state index in [2.05, 4.69) is 0 Å². The number of esters is 1. The Kier molecular flexibility index (Phi) is 4.60. The second-order valence-electron chi connectivity index (χ2n) is 5.20. The summed E-state index contributed by atoms with van der Waals surface area (Å²) in [5, 5.41) is 0. The molecule has 0 aliphatic heterocycles. The number of thioether (sulfide) groups is 1. The standard InChI is InChI=1S/C14H14F4O3S/c1-13(6-11(13)15)12(19)21-7-8-3-4-9(20-2)10(5-8)22-14(16,17)18/h3-5,11H,6-7H2,1-2H3. The molecule has 1 aromatic carbocycles. The van der Waals surface area contributed by atoms with Crippen molar-refractivity contribution in [1.29, 1.82) is 0 Å². The molecule has 8 heteroatoms. The van der Waals surface area contributed by atoms with Crippen LogP contribution in [0.1, 0.15) is 18.9 Å². The van der Waals surface area contributed by atoms with E-state index in [0.29, 0.717) is 5.56 Å². The van der Waals surface area contributed by atoms with Crippen LogP contribution in [-0.2, 0) is 16.1 Å². The monoisotopic (exact) mass is 338 g/mol. The lowest BCUT2D eigenvalue weighted by Crippen LogP contribution is -2.18. The fourth-order valence-electron chi connectivity index (χ4n) is 1.85. The molecule has 1 aliphatic carbocycles. The van der Waals surface area contributed by atoms with Gasteiger partial charge < -0.3 is 9.47 Å². The molecule has 22 heavy (non-hydrogen) atoms. The summed E-state index contributed by atoms with van der Waals surface area (Å²) in [4.78, 5) is 11.6. The average molecular weight is 338 g/mol. The van der Waals surface area contributed by atoms with E-state index in [0.717, 1.165) is 0 Å². The largest absolute Gasteiger partial charge is 0.496 e. The highest BCUT2D eigenvalue weighted by atomic mass is 32.2. The summed E-state index contributed by atoms with van der Waals surface area (Å²) in [6, 6.07) is 4.11. The Hall–Kier alpha value is -1.44. The van der Waals surface area contributed by atoms with Crippen molar-refractivity contribution in [3.05, 3.63) is 23.8 Å². The molecule has 0 spiro atoms. The average Bonchev–Trinajstić information content (AvgIpc) is 3.03. The Balaban J connectivity index is 2.05. The zero-order valence-electron chi connectivity index (χ0n) is 11.9.